The topological polar surface area (TPSA) is 37.4 Å². The zero-order valence-corrected chi connectivity index (χ0v) is 11.9. The molecule has 3 heteroatoms. The van der Waals surface area contributed by atoms with Gasteiger partial charge in [-0.15, -0.1) is 13.2 Å². The average molecular weight is 281 g/mol. The molecule has 1 saturated carbocycles. The summed E-state index contributed by atoms with van der Waals surface area (Å²) in [4.78, 5) is 26.7. The molecule has 108 valence electrons. The summed E-state index contributed by atoms with van der Waals surface area (Å²) in [5.74, 6) is -0.444. The first-order valence-corrected chi connectivity index (χ1v) is 7.31. The molecule has 1 aliphatic carbocycles. The van der Waals surface area contributed by atoms with E-state index in [0.29, 0.717) is 6.54 Å². The average Bonchev–Trinajstić information content (AvgIpc) is 3.00. The van der Waals surface area contributed by atoms with Crippen LogP contribution in [0, 0.1) is 23.7 Å². The van der Waals surface area contributed by atoms with Gasteiger partial charge in [-0.3, -0.25) is 14.5 Å². The first kappa shape index (κ1) is 13.8. The van der Waals surface area contributed by atoms with Gasteiger partial charge < -0.3 is 0 Å². The largest absolute Gasteiger partial charge is 0.278 e. The maximum atomic E-state index is 12.7. The summed E-state index contributed by atoms with van der Waals surface area (Å²) in [7, 11) is 0. The van der Waals surface area contributed by atoms with E-state index in [9.17, 15) is 9.59 Å². The molecule has 0 spiro atoms. The van der Waals surface area contributed by atoms with Crippen LogP contribution in [0.15, 0.2) is 55.6 Å². The van der Waals surface area contributed by atoms with Crippen molar-refractivity contribution in [1.82, 2.24) is 4.90 Å². The number of nitrogens with zero attached hydrogens (tertiary/aromatic N) is 1. The first-order valence-electron chi connectivity index (χ1n) is 7.31. The molecular formula is C18H19NO2. The molecule has 0 radical (unpaired) electrons. The number of rotatable bonds is 4. The Morgan fingerprint density at radius 2 is 1.52 bits per heavy atom. The number of amides is 2. The van der Waals surface area contributed by atoms with Gasteiger partial charge in [-0.05, 0) is 23.8 Å². The van der Waals surface area contributed by atoms with Crippen molar-refractivity contribution in [3.63, 3.8) is 0 Å². The lowest BCUT2D eigenvalue weighted by Gasteiger charge is -2.18. The van der Waals surface area contributed by atoms with Crippen LogP contribution >= 0.6 is 0 Å². The number of allylic oxidation sites excluding steroid dienone is 2. The summed E-state index contributed by atoms with van der Waals surface area (Å²) < 4.78 is 0. The van der Waals surface area contributed by atoms with Crippen LogP contribution in [0.2, 0.25) is 0 Å². The van der Waals surface area contributed by atoms with Crippen LogP contribution in [0.1, 0.15) is 12.0 Å². The van der Waals surface area contributed by atoms with E-state index in [-0.39, 0.29) is 35.5 Å². The number of imide groups is 1. The molecule has 2 amide bonds. The molecule has 3 nitrogen and oxygen atoms in total. The SMILES string of the molecule is C=CC1CC(C=C)C2C(=O)N(Cc3ccccc3)C(=O)C12. The summed E-state index contributed by atoms with van der Waals surface area (Å²) in [5.41, 5.74) is 0.976. The standard InChI is InChI=1S/C18H19NO2/c1-3-13-10-14(4-2)16-15(13)17(20)19(18(16)21)11-12-8-6-5-7-9-12/h3-9,13-16H,1-2,10-11H2. The van der Waals surface area contributed by atoms with Crippen LogP contribution in [0.3, 0.4) is 0 Å². The summed E-state index contributed by atoms with van der Waals surface area (Å²) in [6.45, 7) is 8.01. The van der Waals surface area contributed by atoms with Crippen molar-refractivity contribution in [2.45, 2.75) is 13.0 Å². The van der Waals surface area contributed by atoms with Gasteiger partial charge in [0.2, 0.25) is 11.8 Å². The van der Waals surface area contributed by atoms with Crippen LogP contribution in [0.4, 0.5) is 0 Å². The normalized spacial score (nSPS) is 31.3. The lowest BCUT2D eigenvalue weighted by atomic mass is 9.89. The minimum Gasteiger partial charge on any atom is -0.278 e. The molecule has 21 heavy (non-hydrogen) atoms. The van der Waals surface area contributed by atoms with Gasteiger partial charge in [0.25, 0.3) is 0 Å². The molecule has 1 aliphatic heterocycles. The maximum Gasteiger partial charge on any atom is 0.234 e. The third-order valence-corrected chi connectivity index (χ3v) is 4.75. The van der Waals surface area contributed by atoms with Gasteiger partial charge >= 0.3 is 0 Å². The third-order valence-electron chi connectivity index (χ3n) is 4.75. The summed E-state index contributed by atoms with van der Waals surface area (Å²) in [5, 5.41) is 0. The van der Waals surface area contributed by atoms with Crippen LogP contribution < -0.4 is 0 Å². The van der Waals surface area contributed by atoms with Gasteiger partial charge in [-0.25, -0.2) is 0 Å². The molecule has 0 bridgehead atoms. The molecule has 1 aromatic rings. The van der Waals surface area contributed by atoms with Crippen molar-refractivity contribution >= 4 is 11.8 Å². The number of fused-ring (bicyclic) bond motifs is 1. The Morgan fingerprint density at radius 1 is 1.00 bits per heavy atom. The fourth-order valence-electron chi connectivity index (χ4n) is 3.69. The predicted octanol–water partition coefficient (Wildman–Crippen LogP) is 2.80. The zero-order valence-electron chi connectivity index (χ0n) is 11.9. The Kier molecular flexibility index (Phi) is 3.50. The highest BCUT2D eigenvalue weighted by Crippen LogP contribution is 2.48. The second-order valence-electron chi connectivity index (χ2n) is 5.83. The number of hydrogen-bond acceptors (Lipinski definition) is 2. The Balaban J connectivity index is 1.88. The Labute approximate surface area is 125 Å². The van der Waals surface area contributed by atoms with Crippen LogP contribution in [0.25, 0.3) is 0 Å². The van der Waals surface area contributed by atoms with Gasteiger partial charge in [0, 0.05) is 0 Å². The van der Waals surface area contributed by atoms with Crippen molar-refractivity contribution in [3.8, 4) is 0 Å². The smallest absolute Gasteiger partial charge is 0.234 e. The van der Waals surface area contributed by atoms with Crippen molar-refractivity contribution in [3.05, 3.63) is 61.2 Å². The van der Waals surface area contributed by atoms with E-state index < -0.39 is 0 Å². The van der Waals surface area contributed by atoms with Crippen molar-refractivity contribution in [2.75, 3.05) is 0 Å². The zero-order chi connectivity index (χ0) is 15.0. The molecule has 1 aromatic carbocycles. The number of likely N-dealkylation sites (tertiary alicyclic amines) is 1. The summed E-state index contributed by atoms with van der Waals surface area (Å²) >= 11 is 0. The summed E-state index contributed by atoms with van der Waals surface area (Å²) in [6, 6.07) is 9.63. The quantitative estimate of drug-likeness (QED) is 0.628. The molecule has 4 atom stereocenters. The van der Waals surface area contributed by atoms with Crippen LogP contribution in [0.5, 0.6) is 0 Å². The fourth-order valence-corrected chi connectivity index (χ4v) is 3.69. The number of carbonyl (C=O) groups excluding carboxylic acids is 2. The van der Waals surface area contributed by atoms with Gasteiger partial charge in [0.05, 0.1) is 18.4 Å². The van der Waals surface area contributed by atoms with E-state index in [2.05, 4.69) is 13.2 Å². The second kappa shape index (κ2) is 5.32. The third kappa shape index (κ3) is 2.13. The minimum atomic E-state index is -0.248. The molecule has 1 heterocycles. The van der Waals surface area contributed by atoms with Crippen LogP contribution in [-0.2, 0) is 16.1 Å². The lowest BCUT2D eigenvalue weighted by molar-refractivity contribution is -0.141. The summed E-state index contributed by atoms with van der Waals surface area (Å²) in [6.07, 6.45) is 4.44. The van der Waals surface area contributed by atoms with Gasteiger partial charge in [0.1, 0.15) is 0 Å². The number of benzene rings is 1. The molecule has 0 N–H and O–H groups in total. The van der Waals surface area contributed by atoms with Gasteiger partial charge in [0.15, 0.2) is 0 Å². The molecule has 2 aliphatic rings. The monoisotopic (exact) mass is 281 g/mol. The van der Waals surface area contributed by atoms with Crippen molar-refractivity contribution in [1.29, 1.82) is 0 Å². The Hall–Kier alpha value is -2.16. The van der Waals surface area contributed by atoms with E-state index in [0.717, 1.165) is 12.0 Å². The molecule has 2 fully saturated rings. The highest BCUT2D eigenvalue weighted by atomic mass is 16.2. The van der Waals surface area contributed by atoms with E-state index in [4.69, 9.17) is 0 Å². The Bertz CT molecular complexity index is 560. The molecule has 0 aromatic heterocycles. The van der Waals surface area contributed by atoms with E-state index in [1.807, 2.05) is 42.5 Å². The maximum absolute atomic E-state index is 12.7. The molecule has 1 saturated heterocycles. The predicted molar refractivity (Wildman–Crippen MR) is 81.0 cm³/mol. The number of carbonyl (C=O) groups is 2. The number of hydrogen-bond donors (Lipinski definition) is 0. The van der Waals surface area contributed by atoms with Crippen LogP contribution in [-0.4, -0.2) is 16.7 Å². The van der Waals surface area contributed by atoms with E-state index in [1.165, 1.54) is 4.90 Å². The highest BCUT2D eigenvalue weighted by Gasteiger charge is 2.56. The molecule has 3 rings (SSSR count). The minimum absolute atomic E-state index is 0.0527. The van der Waals surface area contributed by atoms with Gasteiger partial charge in [-0.1, -0.05) is 42.5 Å². The van der Waals surface area contributed by atoms with Crippen molar-refractivity contribution < 1.29 is 9.59 Å². The first-order chi connectivity index (χ1) is 10.2. The Morgan fingerprint density at radius 3 is 2.00 bits per heavy atom. The van der Waals surface area contributed by atoms with E-state index in [1.54, 1.807) is 0 Å². The highest BCUT2D eigenvalue weighted by molar-refractivity contribution is 6.06. The molecule has 4 unspecified atom stereocenters. The lowest BCUT2D eigenvalue weighted by Crippen LogP contribution is -2.32. The van der Waals surface area contributed by atoms with E-state index >= 15 is 0 Å². The molecular weight excluding hydrogens is 262 g/mol. The fraction of sp³-hybridized carbons (Fsp3) is 0.333. The van der Waals surface area contributed by atoms with Crippen molar-refractivity contribution in [2.24, 2.45) is 23.7 Å². The second-order valence-corrected chi connectivity index (χ2v) is 5.83. The van der Waals surface area contributed by atoms with Gasteiger partial charge in [-0.2, -0.15) is 0 Å².